The van der Waals surface area contributed by atoms with E-state index in [1.807, 2.05) is 30.3 Å². The summed E-state index contributed by atoms with van der Waals surface area (Å²) in [7, 11) is 1.77. The summed E-state index contributed by atoms with van der Waals surface area (Å²) in [6.07, 6.45) is 0. The molecule has 0 amide bonds. The van der Waals surface area contributed by atoms with Gasteiger partial charge in [0.05, 0.1) is 5.69 Å². The van der Waals surface area contributed by atoms with E-state index in [-0.39, 0.29) is 5.43 Å². The van der Waals surface area contributed by atoms with E-state index in [1.165, 1.54) is 6.07 Å². The lowest BCUT2D eigenvalue weighted by Gasteiger charge is -2.01. The average Bonchev–Trinajstić information content (AvgIpc) is 2.66. The molecular weight excluding hydrogens is 228 g/mol. The SMILES string of the molecule is Cc1nn(C)c2oc(-c3ccccc3)cc(=O)c12. The molecule has 1 aromatic carbocycles. The van der Waals surface area contributed by atoms with Crippen LogP contribution in [0.4, 0.5) is 0 Å². The predicted molar refractivity (Wildman–Crippen MR) is 69.4 cm³/mol. The van der Waals surface area contributed by atoms with Crippen molar-refractivity contribution in [3.63, 3.8) is 0 Å². The number of hydrogen-bond donors (Lipinski definition) is 0. The first kappa shape index (κ1) is 10.8. The Bertz CT molecular complexity index is 770. The Morgan fingerprint density at radius 2 is 1.94 bits per heavy atom. The summed E-state index contributed by atoms with van der Waals surface area (Å²) in [5, 5.41) is 4.76. The largest absolute Gasteiger partial charge is 0.438 e. The van der Waals surface area contributed by atoms with Crippen LogP contribution in [0.3, 0.4) is 0 Å². The lowest BCUT2D eigenvalue weighted by atomic mass is 10.1. The second-order valence-corrected chi connectivity index (χ2v) is 4.23. The van der Waals surface area contributed by atoms with E-state index in [4.69, 9.17) is 4.42 Å². The van der Waals surface area contributed by atoms with Gasteiger partial charge in [0.1, 0.15) is 11.1 Å². The van der Waals surface area contributed by atoms with Crippen LogP contribution in [0.15, 0.2) is 45.6 Å². The number of aromatic nitrogens is 2. The van der Waals surface area contributed by atoms with E-state index in [9.17, 15) is 4.79 Å². The Morgan fingerprint density at radius 1 is 1.22 bits per heavy atom. The third-order valence-electron chi connectivity index (χ3n) is 2.94. The fourth-order valence-electron chi connectivity index (χ4n) is 2.11. The van der Waals surface area contributed by atoms with Gasteiger partial charge in [-0.05, 0) is 6.92 Å². The van der Waals surface area contributed by atoms with Gasteiger partial charge in [-0.2, -0.15) is 5.10 Å². The summed E-state index contributed by atoms with van der Waals surface area (Å²) < 4.78 is 7.38. The first-order valence-electron chi connectivity index (χ1n) is 5.69. The van der Waals surface area contributed by atoms with E-state index in [1.54, 1.807) is 18.7 Å². The van der Waals surface area contributed by atoms with E-state index >= 15 is 0 Å². The van der Waals surface area contributed by atoms with Gasteiger partial charge in [0.15, 0.2) is 5.43 Å². The molecule has 0 N–H and O–H groups in total. The molecule has 0 aliphatic heterocycles. The Morgan fingerprint density at radius 3 is 2.67 bits per heavy atom. The topological polar surface area (TPSA) is 48.0 Å². The number of fused-ring (bicyclic) bond motifs is 1. The maximum Gasteiger partial charge on any atom is 0.229 e. The number of nitrogens with zero attached hydrogens (tertiary/aromatic N) is 2. The van der Waals surface area contributed by atoms with E-state index in [2.05, 4.69) is 5.10 Å². The summed E-state index contributed by atoms with van der Waals surface area (Å²) >= 11 is 0. The highest BCUT2D eigenvalue weighted by Crippen LogP contribution is 2.22. The summed E-state index contributed by atoms with van der Waals surface area (Å²) in [6, 6.07) is 11.1. The monoisotopic (exact) mass is 240 g/mol. The molecule has 0 saturated carbocycles. The molecule has 0 fully saturated rings. The molecule has 4 nitrogen and oxygen atoms in total. The van der Waals surface area contributed by atoms with Gasteiger partial charge < -0.3 is 4.42 Å². The molecule has 2 heterocycles. The third kappa shape index (κ3) is 1.54. The van der Waals surface area contributed by atoms with Crippen molar-refractivity contribution in [3.8, 4) is 11.3 Å². The first-order chi connectivity index (χ1) is 8.66. The fraction of sp³-hybridized carbons (Fsp3) is 0.143. The lowest BCUT2D eigenvalue weighted by Crippen LogP contribution is -2.01. The molecule has 18 heavy (non-hydrogen) atoms. The minimum atomic E-state index is -0.0549. The van der Waals surface area contributed by atoms with Crippen LogP contribution in [0.2, 0.25) is 0 Å². The quantitative estimate of drug-likeness (QED) is 0.656. The molecule has 0 aliphatic rings. The van der Waals surface area contributed by atoms with Gasteiger partial charge in [-0.25, -0.2) is 4.68 Å². The molecule has 0 saturated heterocycles. The highest BCUT2D eigenvalue weighted by molar-refractivity contribution is 5.78. The van der Waals surface area contributed by atoms with Crippen LogP contribution in [0.1, 0.15) is 5.69 Å². The lowest BCUT2D eigenvalue weighted by molar-refractivity contribution is 0.570. The van der Waals surface area contributed by atoms with Crippen molar-refractivity contribution in [2.24, 2.45) is 7.05 Å². The molecule has 4 heteroatoms. The molecule has 2 aromatic heterocycles. The van der Waals surface area contributed by atoms with Crippen molar-refractivity contribution in [3.05, 3.63) is 52.3 Å². The molecule has 0 unspecified atom stereocenters. The van der Waals surface area contributed by atoms with Crippen molar-refractivity contribution >= 4 is 11.1 Å². The second kappa shape index (κ2) is 3.84. The van der Waals surface area contributed by atoms with Crippen LogP contribution in [-0.2, 0) is 7.05 Å². The van der Waals surface area contributed by atoms with Gasteiger partial charge in [-0.3, -0.25) is 4.79 Å². The summed E-state index contributed by atoms with van der Waals surface area (Å²) in [6.45, 7) is 1.81. The van der Waals surface area contributed by atoms with Gasteiger partial charge in [0.25, 0.3) is 0 Å². The van der Waals surface area contributed by atoms with Gasteiger partial charge in [-0.1, -0.05) is 30.3 Å². The third-order valence-corrected chi connectivity index (χ3v) is 2.94. The number of benzene rings is 1. The van der Waals surface area contributed by atoms with Crippen LogP contribution < -0.4 is 5.43 Å². The second-order valence-electron chi connectivity index (χ2n) is 4.23. The Labute approximate surface area is 103 Å². The van der Waals surface area contributed by atoms with Crippen molar-refractivity contribution in [1.29, 1.82) is 0 Å². The Balaban J connectivity index is 2.35. The molecule has 0 atom stereocenters. The standard InChI is InChI=1S/C14H12N2O2/c1-9-13-11(17)8-12(10-6-4-3-5-7-10)18-14(13)16(2)15-9/h3-8H,1-2H3. The Hall–Kier alpha value is -2.36. The summed E-state index contributed by atoms with van der Waals surface area (Å²) in [5.74, 6) is 0.566. The molecule has 0 bridgehead atoms. The maximum absolute atomic E-state index is 12.1. The van der Waals surface area contributed by atoms with Gasteiger partial charge in [0.2, 0.25) is 5.71 Å². The number of aryl methyl sites for hydroxylation is 2. The van der Waals surface area contributed by atoms with Crippen LogP contribution in [0.25, 0.3) is 22.4 Å². The zero-order valence-electron chi connectivity index (χ0n) is 10.2. The van der Waals surface area contributed by atoms with Crippen molar-refractivity contribution in [1.82, 2.24) is 9.78 Å². The first-order valence-corrected chi connectivity index (χ1v) is 5.69. The van der Waals surface area contributed by atoms with Crippen LogP contribution >= 0.6 is 0 Å². The fourth-order valence-corrected chi connectivity index (χ4v) is 2.11. The number of rotatable bonds is 1. The Kier molecular flexibility index (Phi) is 2.30. The van der Waals surface area contributed by atoms with E-state index < -0.39 is 0 Å². The van der Waals surface area contributed by atoms with Crippen LogP contribution in [-0.4, -0.2) is 9.78 Å². The highest BCUT2D eigenvalue weighted by atomic mass is 16.3. The maximum atomic E-state index is 12.1. The van der Waals surface area contributed by atoms with Crippen LogP contribution in [0.5, 0.6) is 0 Å². The zero-order valence-corrected chi connectivity index (χ0v) is 10.2. The molecule has 0 spiro atoms. The molecule has 0 radical (unpaired) electrons. The van der Waals surface area contributed by atoms with Crippen molar-refractivity contribution < 1.29 is 4.42 Å². The summed E-state index contributed by atoms with van der Waals surface area (Å²) in [4.78, 5) is 12.1. The zero-order chi connectivity index (χ0) is 12.7. The molecule has 90 valence electrons. The van der Waals surface area contributed by atoms with Crippen molar-refractivity contribution in [2.75, 3.05) is 0 Å². The smallest absolute Gasteiger partial charge is 0.229 e. The average molecular weight is 240 g/mol. The molecule has 0 aliphatic carbocycles. The van der Waals surface area contributed by atoms with Gasteiger partial charge >= 0.3 is 0 Å². The van der Waals surface area contributed by atoms with Gasteiger partial charge in [0, 0.05) is 18.7 Å². The summed E-state index contributed by atoms with van der Waals surface area (Å²) in [5.41, 5.74) is 2.04. The number of hydrogen-bond acceptors (Lipinski definition) is 3. The van der Waals surface area contributed by atoms with E-state index in [0.29, 0.717) is 22.6 Å². The normalized spacial score (nSPS) is 11.0. The predicted octanol–water partition coefficient (Wildman–Crippen LogP) is 2.50. The highest BCUT2D eigenvalue weighted by Gasteiger charge is 2.13. The minimum Gasteiger partial charge on any atom is -0.438 e. The van der Waals surface area contributed by atoms with Crippen molar-refractivity contribution in [2.45, 2.75) is 6.92 Å². The van der Waals surface area contributed by atoms with E-state index in [0.717, 1.165) is 5.56 Å². The molecule has 3 aromatic rings. The molecular formula is C14H12N2O2. The minimum absolute atomic E-state index is 0.0549. The molecule has 3 rings (SSSR count). The van der Waals surface area contributed by atoms with Crippen LogP contribution in [0, 0.1) is 6.92 Å². The van der Waals surface area contributed by atoms with Gasteiger partial charge in [-0.15, -0.1) is 0 Å².